The van der Waals surface area contributed by atoms with Gasteiger partial charge in [-0.1, -0.05) is 13.3 Å². The summed E-state index contributed by atoms with van der Waals surface area (Å²) in [5.74, 6) is 0.486. The molecule has 0 aromatic carbocycles. The molecule has 1 aromatic rings. The summed E-state index contributed by atoms with van der Waals surface area (Å²) in [5.41, 5.74) is 1.27. The lowest BCUT2D eigenvalue weighted by atomic mass is 10.1. The van der Waals surface area contributed by atoms with E-state index in [4.69, 9.17) is 0 Å². The number of hydrogen-bond acceptors (Lipinski definition) is 4. The molecule has 2 aliphatic rings. The van der Waals surface area contributed by atoms with Crippen LogP contribution < -0.4 is 5.32 Å². The van der Waals surface area contributed by atoms with Crippen LogP contribution in [0.4, 0.5) is 0 Å². The molecule has 118 valence electrons. The van der Waals surface area contributed by atoms with E-state index in [1.165, 1.54) is 12.8 Å². The Balaban J connectivity index is 1.82. The maximum Gasteiger partial charge on any atom is 0.246 e. The number of nitrogens with one attached hydrogen (secondary N) is 2. The third-order valence-corrected chi connectivity index (χ3v) is 6.59. The molecule has 2 N–H and O–H groups in total. The van der Waals surface area contributed by atoms with Gasteiger partial charge >= 0.3 is 0 Å². The van der Waals surface area contributed by atoms with Gasteiger partial charge in [0.05, 0.1) is 11.4 Å². The van der Waals surface area contributed by atoms with Crippen LogP contribution in [-0.4, -0.2) is 42.1 Å². The van der Waals surface area contributed by atoms with E-state index in [2.05, 4.69) is 22.4 Å². The third-order valence-electron chi connectivity index (χ3n) is 4.52. The Bertz CT molecular complexity index is 606. The zero-order chi connectivity index (χ0) is 15.0. The van der Waals surface area contributed by atoms with Crippen LogP contribution in [0.5, 0.6) is 0 Å². The highest BCUT2D eigenvalue weighted by Gasteiger charge is 2.35. The first-order valence-corrected chi connectivity index (χ1v) is 9.23. The summed E-state index contributed by atoms with van der Waals surface area (Å²) < 4.78 is 27.4. The number of nitrogens with zero attached hydrogens (tertiary/aromatic N) is 2. The second-order valence-electron chi connectivity index (χ2n) is 6.21. The van der Waals surface area contributed by atoms with Crippen LogP contribution in [-0.2, 0) is 16.6 Å². The van der Waals surface area contributed by atoms with Crippen molar-refractivity contribution < 1.29 is 8.42 Å². The lowest BCUT2D eigenvalue weighted by Crippen LogP contribution is -2.30. The third kappa shape index (κ3) is 3.00. The second kappa shape index (κ2) is 5.70. The molecule has 1 saturated carbocycles. The second-order valence-corrected chi connectivity index (χ2v) is 8.08. The molecule has 1 saturated heterocycles. The highest BCUT2D eigenvalue weighted by Crippen LogP contribution is 2.29. The Labute approximate surface area is 126 Å². The Morgan fingerprint density at radius 2 is 2.14 bits per heavy atom. The minimum atomic E-state index is -3.43. The van der Waals surface area contributed by atoms with E-state index in [0.29, 0.717) is 47.9 Å². The molecule has 0 radical (unpaired) electrons. The molecular formula is C14H24N4O2S. The van der Waals surface area contributed by atoms with E-state index < -0.39 is 10.0 Å². The Kier molecular flexibility index (Phi) is 4.07. The maximum atomic E-state index is 12.9. The molecule has 21 heavy (non-hydrogen) atoms. The maximum absolute atomic E-state index is 12.9. The van der Waals surface area contributed by atoms with Gasteiger partial charge in [0.1, 0.15) is 4.90 Å². The molecule has 0 spiro atoms. The predicted molar refractivity (Wildman–Crippen MR) is 80.3 cm³/mol. The Morgan fingerprint density at radius 3 is 2.76 bits per heavy atom. The van der Waals surface area contributed by atoms with Crippen molar-refractivity contribution in [3.63, 3.8) is 0 Å². The number of hydrogen-bond donors (Lipinski definition) is 2. The lowest BCUT2D eigenvalue weighted by molar-refractivity contribution is 0.451. The average molecular weight is 312 g/mol. The highest BCUT2D eigenvalue weighted by atomic mass is 32.2. The number of aromatic amines is 1. The largest absolute Gasteiger partial charge is 0.308 e. The lowest BCUT2D eigenvalue weighted by Gasteiger charge is -2.17. The molecule has 7 heteroatoms. The molecule has 1 aliphatic carbocycles. The first kappa shape index (κ1) is 15.0. The number of aromatic nitrogens is 2. The Morgan fingerprint density at radius 1 is 1.38 bits per heavy atom. The summed E-state index contributed by atoms with van der Waals surface area (Å²) in [6, 6.07) is 0.536. The SMILES string of the molecule is CCC1CCN(S(=O)(=O)c2c(CNC3CC3)n[nH]c2C)C1. The van der Waals surface area contributed by atoms with E-state index in [-0.39, 0.29) is 0 Å². The van der Waals surface area contributed by atoms with Crippen molar-refractivity contribution in [2.75, 3.05) is 13.1 Å². The zero-order valence-electron chi connectivity index (χ0n) is 12.7. The van der Waals surface area contributed by atoms with Gasteiger partial charge in [-0.05, 0) is 32.1 Å². The molecule has 2 fully saturated rings. The van der Waals surface area contributed by atoms with Crippen LogP contribution in [0.15, 0.2) is 4.90 Å². The van der Waals surface area contributed by atoms with Crippen LogP contribution in [0.1, 0.15) is 44.0 Å². The Hall–Kier alpha value is -0.920. The fourth-order valence-electron chi connectivity index (χ4n) is 2.94. The molecule has 2 heterocycles. The summed E-state index contributed by atoms with van der Waals surface area (Å²) in [5, 5.41) is 10.4. The summed E-state index contributed by atoms with van der Waals surface area (Å²) in [6.45, 7) is 5.69. The van der Waals surface area contributed by atoms with Gasteiger partial charge in [0.15, 0.2) is 0 Å². The van der Waals surface area contributed by atoms with Gasteiger partial charge in [0.2, 0.25) is 10.0 Å². The smallest absolute Gasteiger partial charge is 0.246 e. The quantitative estimate of drug-likeness (QED) is 0.832. The average Bonchev–Trinajstić information content (AvgIpc) is 3.00. The highest BCUT2D eigenvalue weighted by molar-refractivity contribution is 7.89. The monoisotopic (exact) mass is 312 g/mol. The van der Waals surface area contributed by atoms with Gasteiger partial charge in [-0.15, -0.1) is 0 Å². The van der Waals surface area contributed by atoms with Crippen LogP contribution in [0.3, 0.4) is 0 Å². The van der Waals surface area contributed by atoms with Crippen LogP contribution in [0.25, 0.3) is 0 Å². The summed E-state index contributed by atoms with van der Waals surface area (Å²) in [6.07, 6.45) is 4.35. The first-order chi connectivity index (χ1) is 10.0. The van der Waals surface area contributed by atoms with Crippen molar-refractivity contribution in [3.05, 3.63) is 11.4 Å². The predicted octanol–water partition coefficient (Wildman–Crippen LogP) is 1.39. The van der Waals surface area contributed by atoms with E-state index in [0.717, 1.165) is 12.8 Å². The minimum absolute atomic E-state index is 0.382. The van der Waals surface area contributed by atoms with E-state index in [1.807, 2.05) is 0 Å². The normalized spacial score (nSPS) is 23.8. The number of rotatable bonds is 6. The number of sulfonamides is 1. The summed E-state index contributed by atoms with van der Waals surface area (Å²) in [7, 11) is -3.43. The number of aryl methyl sites for hydroxylation is 1. The topological polar surface area (TPSA) is 78.1 Å². The fraction of sp³-hybridized carbons (Fsp3) is 0.786. The molecule has 1 aromatic heterocycles. The van der Waals surface area contributed by atoms with Gasteiger partial charge in [-0.25, -0.2) is 8.42 Å². The molecule has 0 bridgehead atoms. The molecule has 1 aliphatic heterocycles. The van der Waals surface area contributed by atoms with Crippen molar-refractivity contribution in [2.24, 2.45) is 5.92 Å². The molecule has 1 atom stereocenters. The molecule has 1 unspecified atom stereocenters. The van der Waals surface area contributed by atoms with Crippen molar-refractivity contribution in [2.45, 2.75) is 57.0 Å². The molecular weight excluding hydrogens is 288 g/mol. The molecule has 6 nitrogen and oxygen atoms in total. The van der Waals surface area contributed by atoms with E-state index >= 15 is 0 Å². The molecule has 3 rings (SSSR count). The first-order valence-electron chi connectivity index (χ1n) is 7.79. The van der Waals surface area contributed by atoms with Gasteiger partial charge in [-0.2, -0.15) is 9.40 Å². The van der Waals surface area contributed by atoms with Gasteiger partial charge in [0, 0.05) is 25.7 Å². The van der Waals surface area contributed by atoms with Gasteiger partial charge in [0.25, 0.3) is 0 Å². The van der Waals surface area contributed by atoms with Gasteiger partial charge < -0.3 is 5.32 Å². The standard InChI is InChI=1S/C14H24N4O2S/c1-3-11-6-7-18(9-11)21(19,20)14-10(2)16-17-13(14)8-15-12-4-5-12/h11-12,15H,3-9H2,1-2H3,(H,16,17). The van der Waals surface area contributed by atoms with E-state index in [1.54, 1.807) is 11.2 Å². The number of H-pyrrole nitrogens is 1. The van der Waals surface area contributed by atoms with Crippen molar-refractivity contribution in [1.82, 2.24) is 19.8 Å². The van der Waals surface area contributed by atoms with Crippen molar-refractivity contribution >= 4 is 10.0 Å². The fourth-order valence-corrected chi connectivity index (χ4v) is 4.80. The van der Waals surface area contributed by atoms with Crippen LogP contribution in [0.2, 0.25) is 0 Å². The van der Waals surface area contributed by atoms with Crippen LogP contribution in [0, 0.1) is 12.8 Å². The van der Waals surface area contributed by atoms with E-state index in [9.17, 15) is 8.42 Å². The van der Waals surface area contributed by atoms with Gasteiger partial charge in [-0.3, -0.25) is 5.10 Å². The summed E-state index contributed by atoms with van der Waals surface area (Å²) >= 11 is 0. The minimum Gasteiger partial charge on any atom is -0.308 e. The van der Waals surface area contributed by atoms with Crippen molar-refractivity contribution in [3.8, 4) is 0 Å². The summed E-state index contributed by atoms with van der Waals surface area (Å²) in [4.78, 5) is 0.382. The van der Waals surface area contributed by atoms with Crippen molar-refractivity contribution in [1.29, 1.82) is 0 Å². The molecule has 0 amide bonds. The van der Waals surface area contributed by atoms with Crippen LogP contribution >= 0.6 is 0 Å². The zero-order valence-corrected chi connectivity index (χ0v) is 13.5.